The highest BCUT2D eigenvalue weighted by Crippen LogP contribution is 2.12. The lowest BCUT2D eigenvalue weighted by molar-refractivity contribution is -0.142. The average Bonchev–Trinajstić information content (AvgIpc) is 2.08. The van der Waals surface area contributed by atoms with E-state index in [1.54, 1.807) is 0 Å². The molecule has 0 saturated carbocycles. The maximum Gasteiger partial charge on any atom is 0.322 e. The summed E-state index contributed by atoms with van der Waals surface area (Å²) in [7, 11) is 0. The van der Waals surface area contributed by atoms with E-state index in [1.807, 2.05) is 5.32 Å². The van der Waals surface area contributed by atoms with E-state index in [-0.39, 0.29) is 0 Å². The van der Waals surface area contributed by atoms with Crippen LogP contribution >= 0.6 is 0 Å². The summed E-state index contributed by atoms with van der Waals surface area (Å²) in [5, 5.41) is 21.3. The van der Waals surface area contributed by atoms with Crippen molar-refractivity contribution >= 4 is 11.9 Å². The molecule has 62 valence electrons. The van der Waals surface area contributed by atoms with Gasteiger partial charge in [-0.05, 0) is 6.92 Å². The summed E-state index contributed by atoms with van der Waals surface area (Å²) < 4.78 is 0. The standard InChI is InChI=1S/C5H8N2O4/c1-5(3(9)10)2(8)6-4(11)7-5/h3,9-10H,1H3,(H2,6,7,8,11). The van der Waals surface area contributed by atoms with Crippen molar-refractivity contribution in [3.8, 4) is 0 Å². The summed E-state index contributed by atoms with van der Waals surface area (Å²) in [6.07, 6.45) is -1.89. The number of rotatable bonds is 1. The quantitative estimate of drug-likeness (QED) is 0.261. The van der Waals surface area contributed by atoms with Crippen LogP contribution in [-0.2, 0) is 4.79 Å². The Hall–Kier alpha value is -1.14. The minimum atomic E-state index is -1.89. The molecule has 3 amide bonds. The molecule has 1 fully saturated rings. The van der Waals surface area contributed by atoms with Crippen molar-refractivity contribution < 1.29 is 19.8 Å². The summed E-state index contributed by atoms with van der Waals surface area (Å²) in [4.78, 5) is 21.3. The zero-order chi connectivity index (χ0) is 8.65. The maximum absolute atomic E-state index is 10.8. The van der Waals surface area contributed by atoms with Gasteiger partial charge in [-0.25, -0.2) is 4.79 Å². The molecule has 4 N–H and O–H groups in total. The first-order valence-electron chi connectivity index (χ1n) is 2.96. The molecule has 1 saturated heterocycles. The van der Waals surface area contributed by atoms with E-state index < -0.39 is 23.8 Å². The van der Waals surface area contributed by atoms with Crippen molar-refractivity contribution in [3.63, 3.8) is 0 Å². The molecule has 1 rings (SSSR count). The second-order valence-corrected chi connectivity index (χ2v) is 2.48. The van der Waals surface area contributed by atoms with Crippen LogP contribution in [-0.4, -0.2) is 34.0 Å². The van der Waals surface area contributed by atoms with Crippen LogP contribution in [0.2, 0.25) is 0 Å². The SMILES string of the molecule is CC1(C(O)O)NC(=O)NC1=O. The second-order valence-electron chi connectivity index (χ2n) is 2.48. The molecule has 0 radical (unpaired) electrons. The minimum absolute atomic E-state index is 0.717. The maximum atomic E-state index is 10.8. The van der Waals surface area contributed by atoms with Gasteiger partial charge in [-0.2, -0.15) is 0 Å². The highest BCUT2D eigenvalue weighted by molar-refractivity contribution is 6.07. The van der Waals surface area contributed by atoms with Crippen LogP contribution in [0, 0.1) is 0 Å². The fraction of sp³-hybridized carbons (Fsp3) is 0.600. The first kappa shape index (κ1) is 7.96. The van der Waals surface area contributed by atoms with Crippen LogP contribution in [0.25, 0.3) is 0 Å². The van der Waals surface area contributed by atoms with Crippen molar-refractivity contribution in [3.05, 3.63) is 0 Å². The smallest absolute Gasteiger partial charge is 0.322 e. The van der Waals surface area contributed by atoms with E-state index in [0.717, 1.165) is 0 Å². The molecule has 1 unspecified atom stereocenters. The van der Waals surface area contributed by atoms with Crippen molar-refractivity contribution in [1.29, 1.82) is 0 Å². The van der Waals surface area contributed by atoms with E-state index in [9.17, 15) is 9.59 Å². The average molecular weight is 160 g/mol. The Labute approximate surface area is 62.2 Å². The van der Waals surface area contributed by atoms with Crippen LogP contribution in [0.1, 0.15) is 6.92 Å². The predicted molar refractivity (Wildman–Crippen MR) is 33.3 cm³/mol. The van der Waals surface area contributed by atoms with Gasteiger partial charge >= 0.3 is 6.03 Å². The van der Waals surface area contributed by atoms with Crippen LogP contribution in [0.5, 0.6) is 0 Å². The molecule has 1 heterocycles. The van der Waals surface area contributed by atoms with Gasteiger partial charge in [0.25, 0.3) is 5.91 Å². The van der Waals surface area contributed by atoms with Crippen LogP contribution < -0.4 is 10.6 Å². The van der Waals surface area contributed by atoms with E-state index >= 15 is 0 Å². The summed E-state index contributed by atoms with van der Waals surface area (Å²) in [6.45, 7) is 1.22. The molecule has 6 nitrogen and oxygen atoms in total. The van der Waals surface area contributed by atoms with E-state index in [2.05, 4.69) is 5.32 Å². The lowest BCUT2D eigenvalue weighted by Crippen LogP contribution is -2.53. The van der Waals surface area contributed by atoms with Gasteiger partial charge < -0.3 is 15.5 Å². The monoisotopic (exact) mass is 160 g/mol. The van der Waals surface area contributed by atoms with Gasteiger partial charge in [-0.1, -0.05) is 0 Å². The summed E-state index contributed by atoms with van der Waals surface area (Å²) in [5.74, 6) is -0.738. The Kier molecular flexibility index (Phi) is 1.57. The summed E-state index contributed by atoms with van der Waals surface area (Å²) in [6, 6.07) is -0.717. The number of aliphatic hydroxyl groups excluding tert-OH is 1. The summed E-state index contributed by atoms with van der Waals surface area (Å²) in [5.41, 5.74) is -1.61. The third kappa shape index (κ3) is 1.06. The normalized spacial score (nSPS) is 30.5. The fourth-order valence-electron chi connectivity index (χ4n) is 0.739. The molecule has 0 spiro atoms. The number of urea groups is 1. The predicted octanol–water partition coefficient (Wildman–Crippen LogP) is -2.10. The molecule has 0 aromatic rings. The third-order valence-corrected chi connectivity index (χ3v) is 1.59. The van der Waals surface area contributed by atoms with Crippen molar-refractivity contribution in [2.24, 2.45) is 0 Å². The Bertz CT molecular complexity index is 215. The number of carbonyl (C=O) groups is 2. The van der Waals surface area contributed by atoms with Gasteiger partial charge in [0.2, 0.25) is 0 Å². The molecule has 6 heteroatoms. The number of nitrogens with one attached hydrogen (secondary N) is 2. The number of carbonyl (C=O) groups excluding carboxylic acids is 2. The Morgan fingerprint density at radius 3 is 2.18 bits per heavy atom. The van der Waals surface area contributed by atoms with Gasteiger partial charge in [0.15, 0.2) is 11.8 Å². The van der Waals surface area contributed by atoms with Gasteiger partial charge in [0, 0.05) is 0 Å². The number of hydrogen-bond acceptors (Lipinski definition) is 4. The van der Waals surface area contributed by atoms with Gasteiger partial charge in [0.1, 0.15) is 0 Å². The zero-order valence-corrected chi connectivity index (χ0v) is 5.79. The molecule has 1 atom stereocenters. The fourth-order valence-corrected chi connectivity index (χ4v) is 0.739. The van der Waals surface area contributed by atoms with Crippen LogP contribution in [0.15, 0.2) is 0 Å². The Balaban J connectivity index is 2.87. The van der Waals surface area contributed by atoms with Gasteiger partial charge in [-0.3, -0.25) is 10.1 Å². The van der Waals surface area contributed by atoms with E-state index in [0.29, 0.717) is 0 Å². The lowest BCUT2D eigenvalue weighted by Gasteiger charge is -2.21. The second kappa shape index (κ2) is 2.18. The number of aliphatic hydroxyl groups is 2. The third-order valence-electron chi connectivity index (χ3n) is 1.59. The zero-order valence-electron chi connectivity index (χ0n) is 5.79. The van der Waals surface area contributed by atoms with E-state index in [4.69, 9.17) is 10.2 Å². The van der Waals surface area contributed by atoms with Crippen molar-refractivity contribution in [2.45, 2.75) is 18.8 Å². The molecule has 0 aromatic carbocycles. The summed E-state index contributed by atoms with van der Waals surface area (Å²) >= 11 is 0. The highest BCUT2D eigenvalue weighted by atomic mass is 16.5. The van der Waals surface area contributed by atoms with Gasteiger partial charge in [0.05, 0.1) is 0 Å². The van der Waals surface area contributed by atoms with Crippen LogP contribution in [0.3, 0.4) is 0 Å². The highest BCUT2D eigenvalue weighted by Gasteiger charge is 2.47. The van der Waals surface area contributed by atoms with Crippen molar-refractivity contribution in [1.82, 2.24) is 10.6 Å². The largest absolute Gasteiger partial charge is 0.366 e. The molecule has 0 aromatic heterocycles. The molecule has 11 heavy (non-hydrogen) atoms. The Morgan fingerprint density at radius 2 is 2.00 bits per heavy atom. The van der Waals surface area contributed by atoms with Crippen LogP contribution in [0.4, 0.5) is 4.79 Å². The van der Waals surface area contributed by atoms with Crippen molar-refractivity contribution in [2.75, 3.05) is 0 Å². The first-order chi connectivity index (χ1) is 4.97. The minimum Gasteiger partial charge on any atom is -0.366 e. The van der Waals surface area contributed by atoms with E-state index in [1.165, 1.54) is 6.92 Å². The first-order valence-corrected chi connectivity index (χ1v) is 2.96. The molecular weight excluding hydrogens is 152 g/mol. The molecule has 0 bridgehead atoms. The Morgan fingerprint density at radius 1 is 1.45 bits per heavy atom. The molecular formula is C5H8N2O4. The molecule has 1 aliphatic heterocycles. The lowest BCUT2D eigenvalue weighted by atomic mass is 10.0. The number of hydrogen-bond donors (Lipinski definition) is 4. The number of imide groups is 1. The van der Waals surface area contributed by atoms with Gasteiger partial charge in [-0.15, -0.1) is 0 Å². The number of amides is 3. The molecule has 1 aliphatic rings. The molecule has 0 aliphatic carbocycles. The topological polar surface area (TPSA) is 98.7 Å².